The van der Waals surface area contributed by atoms with Crippen molar-refractivity contribution >= 4 is 5.91 Å². The van der Waals surface area contributed by atoms with Crippen LogP contribution in [0, 0.1) is 0 Å². The standard InChI is InChI=1S/C18H26N2O/c21-18(19-16-11-5-2-6-12-16)17(20-13-7-8-14-20)15-9-3-1-4-10-15/h1,3-4,9-10,16-17H,2,5-8,11-14H2,(H,19,21)/p+1. The van der Waals surface area contributed by atoms with Crippen molar-refractivity contribution < 1.29 is 9.69 Å². The maximum atomic E-state index is 12.9. The van der Waals surface area contributed by atoms with Gasteiger partial charge in [0.15, 0.2) is 6.04 Å². The number of hydrogen-bond acceptors (Lipinski definition) is 1. The lowest BCUT2D eigenvalue weighted by Crippen LogP contribution is -3.11. The molecule has 0 spiro atoms. The molecular formula is C18H27N2O+. The minimum Gasteiger partial charge on any atom is -0.348 e. The number of amides is 1. The van der Waals surface area contributed by atoms with Gasteiger partial charge in [-0.2, -0.15) is 0 Å². The third-order valence-electron chi connectivity index (χ3n) is 5.00. The summed E-state index contributed by atoms with van der Waals surface area (Å²) in [6.45, 7) is 2.25. The first-order valence-corrected chi connectivity index (χ1v) is 8.54. The van der Waals surface area contributed by atoms with Crippen LogP contribution in [0.15, 0.2) is 30.3 Å². The number of quaternary nitrogens is 1. The van der Waals surface area contributed by atoms with Gasteiger partial charge in [0.25, 0.3) is 5.91 Å². The molecule has 0 radical (unpaired) electrons. The Morgan fingerprint density at radius 1 is 1.00 bits per heavy atom. The molecule has 1 amide bonds. The third-order valence-corrected chi connectivity index (χ3v) is 5.00. The van der Waals surface area contributed by atoms with Crippen molar-refractivity contribution in [2.75, 3.05) is 13.1 Å². The predicted molar refractivity (Wildman–Crippen MR) is 84.1 cm³/mol. The lowest BCUT2D eigenvalue weighted by Gasteiger charge is -2.28. The van der Waals surface area contributed by atoms with Crippen LogP contribution in [0.5, 0.6) is 0 Å². The van der Waals surface area contributed by atoms with E-state index in [1.165, 1.54) is 42.6 Å². The second-order valence-electron chi connectivity index (χ2n) is 6.55. The summed E-state index contributed by atoms with van der Waals surface area (Å²) in [5.74, 6) is 0.241. The second kappa shape index (κ2) is 7.08. The molecule has 1 aliphatic heterocycles. The summed E-state index contributed by atoms with van der Waals surface area (Å²) < 4.78 is 0. The molecule has 0 bridgehead atoms. The first-order valence-electron chi connectivity index (χ1n) is 8.54. The van der Waals surface area contributed by atoms with E-state index < -0.39 is 0 Å². The summed E-state index contributed by atoms with van der Waals surface area (Å²) in [5, 5.41) is 3.33. The zero-order chi connectivity index (χ0) is 14.5. The Balaban J connectivity index is 1.72. The third kappa shape index (κ3) is 3.65. The van der Waals surface area contributed by atoms with Crippen molar-refractivity contribution in [1.29, 1.82) is 0 Å². The van der Waals surface area contributed by atoms with Gasteiger partial charge in [0.05, 0.1) is 13.1 Å². The smallest absolute Gasteiger partial charge is 0.283 e. The van der Waals surface area contributed by atoms with Gasteiger partial charge in [0, 0.05) is 24.4 Å². The Labute approximate surface area is 127 Å². The van der Waals surface area contributed by atoms with E-state index in [-0.39, 0.29) is 11.9 Å². The van der Waals surface area contributed by atoms with Crippen LogP contribution >= 0.6 is 0 Å². The van der Waals surface area contributed by atoms with Gasteiger partial charge in [0.1, 0.15) is 0 Å². The van der Waals surface area contributed by atoms with E-state index in [1.54, 1.807) is 0 Å². The molecule has 3 nitrogen and oxygen atoms in total. The van der Waals surface area contributed by atoms with E-state index in [2.05, 4.69) is 17.4 Å². The van der Waals surface area contributed by atoms with Gasteiger partial charge in [-0.25, -0.2) is 0 Å². The molecule has 3 rings (SSSR count). The molecule has 1 saturated heterocycles. The molecule has 2 fully saturated rings. The fourth-order valence-corrected chi connectivity index (χ4v) is 3.87. The average molecular weight is 287 g/mol. The van der Waals surface area contributed by atoms with Gasteiger partial charge in [-0.05, 0) is 12.8 Å². The SMILES string of the molecule is O=C(NC1CCCCC1)C(c1ccccc1)[NH+]1CCCC1. The fourth-order valence-electron chi connectivity index (χ4n) is 3.87. The first kappa shape index (κ1) is 14.6. The Hall–Kier alpha value is -1.35. The van der Waals surface area contributed by atoms with Crippen LogP contribution in [-0.2, 0) is 4.79 Å². The summed E-state index contributed by atoms with van der Waals surface area (Å²) in [6.07, 6.45) is 8.65. The normalized spacial score (nSPS) is 22.1. The fraction of sp³-hybridized carbons (Fsp3) is 0.611. The molecule has 1 aromatic rings. The molecule has 114 valence electrons. The van der Waals surface area contributed by atoms with Crippen molar-refractivity contribution in [3.05, 3.63) is 35.9 Å². The minimum atomic E-state index is -0.0179. The molecule has 2 N–H and O–H groups in total. The van der Waals surface area contributed by atoms with E-state index in [0.29, 0.717) is 6.04 Å². The highest BCUT2D eigenvalue weighted by molar-refractivity contribution is 5.82. The molecule has 21 heavy (non-hydrogen) atoms. The van der Waals surface area contributed by atoms with Crippen molar-refractivity contribution in [1.82, 2.24) is 5.32 Å². The highest BCUT2D eigenvalue weighted by Crippen LogP contribution is 2.19. The van der Waals surface area contributed by atoms with Crippen LogP contribution < -0.4 is 10.2 Å². The first-order chi connectivity index (χ1) is 10.3. The van der Waals surface area contributed by atoms with E-state index in [4.69, 9.17) is 0 Å². The molecule has 1 saturated carbocycles. The van der Waals surface area contributed by atoms with Crippen molar-refractivity contribution in [3.63, 3.8) is 0 Å². The summed E-state index contributed by atoms with van der Waals surface area (Å²) in [6, 6.07) is 10.7. The predicted octanol–water partition coefficient (Wildman–Crippen LogP) is 1.86. The topological polar surface area (TPSA) is 33.5 Å². The van der Waals surface area contributed by atoms with Crippen LogP contribution in [0.1, 0.15) is 56.6 Å². The van der Waals surface area contributed by atoms with E-state index in [1.807, 2.05) is 18.2 Å². The van der Waals surface area contributed by atoms with Gasteiger partial charge >= 0.3 is 0 Å². The van der Waals surface area contributed by atoms with Crippen LogP contribution in [0.2, 0.25) is 0 Å². The molecule has 1 atom stereocenters. The Morgan fingerprint density at radius 3 is 2.33 bits per heavy atom. The van der Waals surface area contributed by atoms with Crippen LogP contribution in [0.25, 0.3) is 0 Å². The molecule has 1 aliphatic carbocycles. The molecule has 1 heterocycles. The van der Waals surface area contributed by atoms with Crippen LogP contribution in [-0.4, -0.2) is 25.0 Å². The van der Waals surface area contributed by atoms with E-state index >= 15 is 0 Å². The number of likely N-dealkylation sites (tertiary alicyclic amines) is 1. The molecule has 2 aliphatic rings. The van der Waals surface area contributed by atoms with Crippen LogP contribution in [0.4, 0.5) is 0 Å². The molecule has 1 aromatic carbocycles. The summed E-state index contributed by atoms with van der Waals surface area (Å²) in [5.41, 5.74) is 1.17. The van der Waals surface area contributed by atoms with E-state index in [0.717, 1.165) is 25.9 Å². The van der Waals surface area contributed by atoms with Gasteiger partial charge < -0.3 is 10.2 Å². The Morgan fingerprint density at radius 2 is 1.67 bits per heavy atom. The van der Waals surface area contributed by atoms with Gasteiger partial charge in [-0.15, -0.1) is 0 Å². The highest BCUT2D eigenvalue weighted by atomic mass is 16.2. The van der Waals surface area contributed by atoms with Crippen LogP contribution in [0.3, 0.4) is 0 Å². The lowest BCUT2D eigenvalue weighted by atomic mass is 9.94. The van der Waals surface area contributed by atoms with E-state index in [9.17, 15) is 4.79 Å². The Kier molecular flexibility index (Phi) is 4.91. The number of nitrogens with one attached hydrogen (secondary N) is 2. The zero-order valence-electron chi connectivity index (χ0n) is 12.8. The maximum absolute atomic E-state index is 12.9. The van der Waals surface area contributed by atoms with Crippen molar-refractivity contribution in [3.8, 4) is 0 Å². The molecule has 3 heteroatoms. The number of carbonyl (C=O) groups is 1. The highest BCUT2D eigenvalue weighted by Gasteiger charge is 2.34. The van der Waals surface area contributed by atoms with Gasteiger partial charge in [-0.1, -0.05) is 49.6 Å². The minimum absolute atomic E-state index is 0.0179. The van der Waals surface area contributed by atoms with Gasteiger partial charge in [0.2, 0.25) is 0 Å². The molecular weight excluding hydrogens is 260 g/mol. The van der Waals surface area contributed by atoms with Crippen molar-refractivity contribution in [2.24, 2.45) is 0 Å². The number of rotatable bonds is 4. The van der Waals surface area contributed by atoms with Crippen molar-refractivity contribution in [2.45, 2.75) is 57.0 Å². The summed E-state index contributed by atoms with van der Waals surface area (Å²) >= 11 is 0. The largest absolute Gasteiger partial charge is 0.348 e. The number of hydrogen-bond donors (Lipinski definition) is 2. The monoisotopic (exact) mass is 287 g/mol. The van der Waals surface area contributed by atoms with Gasteiger partial charge in [-0.3, -0.25) is 4.79 Å². The maximum Gasteiger partial charge on any atom is 0.283 e. The summed E-state index contributed by atoms with van der Waals surface area (Å²) in [7, 11) is 0. The molecule has 1 unspecified atom stereocenters. The average Bonchev–Trinajstić information content (AvgIpc) is 3.03. The molecule has 0 aromatic heterocycles. The zero-order valence-corrected chi connectivity index (χ0v) is 12.8. The lowest BCUT2D eigenvalue weighted by molar-refractivity contribution is -0.909. The number of carbonyl (C=O) groups excluding carboxylic acids is 1. The quantitative estimate of drug-likeness (QED) is 0.871. The second-order valence-corrected chi connectivity index (χ2v) is 6.55. The summed E-state index contributed by atoms with van der Waals surface area (Å²) in [4.78, 5) is 14.3. The number of benzene rings is 1. The Bertz CT molecular complexity index is 448.